The van der Waals surface area contributed by atoms with Gasteiger partial charge in [-0.15, -0.1) is 0 Å². The highest BCUT2D eigenvalue weighted by Gasteiger charge is 2.13. The molecule has 3 aromatic rings. The van der Waals surface area contributed by atoms with Gasteiger partial charge < -0.3 is 5.32 Å². The highest BCUT2D eigenvalue weighted by Crippen LogP contribution is 2.23. The molecule has 0 bridgehead atoms. The largest absolute Gasteiger partial charge is 0.322 e. The lowest BCUT2D eigenvalue weighted by molar-refractivity contribution is 0.102. The van der Waals surface area contributed by atoms with Crippen LogP contribution in [0, 0.1) is 13.8 Å². The summed E-state index contributed by atoms with van der Waals surface area (Å²) in [6, 6.07) is 14.9. The number of hydrogen-bond acceptors (Lipinski definition) is 2. The summed E-state index contributed by atoms with van der Waals surface area (Å²) >= 11 is 5.95. The zero-order chi connectivity index (χ0) is 15.7. The van der Waals surface area contributed by atoms with Crippen LogP contribution in [0.2, 0.25) is 5.02 Å². The van der Waals surface area contributed by atoms with Gasteiger partial charge in [-0.2, -0.15) is 0 Å². The van der Waals surface area contributed by atoms with Crippen LogP contribution in [0.25, 0.3) is 10.9 Å². The smallest absolute Gasteiger partial charge is 0.256 e. The Kier molecular flexibility index (Phi) is 3.82. The van der Waals surface area contributed by atoms with Crippen LogP contribution in [0.3, 0.4) is 0 Å². The Morgan fingerprint density at radius 2 is 1.86 bits per heavy atom. The molecule has 110 valence electrons. The predicted octanol–water partition coefficient (Wildman–Crippen LogP) is 4.76. The van der Waals surface area contributed by atoms with Gasteiger partial charge in [-0.3, -0.25) is 9.78 Å². The van der Waals surface area contributed by atoms with Crippen molar-refractivity contribution in [1.82, 2.24) is 4.98 Å². The lowest BCUT2D eigenvalue weighted by Gasteiger charge is -2.11. The second-order valence-electron chi connectivity index (χ2n) is 5.24. The molecule has 1 N–H and O–H groups in total. The first-order valence-electron chi connectivity index (χ1n) is 6.98. The van der Waals surface area contributed by atoms with Gasteiger partial charge in [0.1, 0.15) is 0 Å². The third-order valence-corrected chi connectivity index (χ3v) is 3.76. The summed E-state index contributed by atoms with van der Waals surface area (Å²) in [6.45, 7) is 3.80. The molecule has 0 saturated carbocycles. The normalized spacial score (nSPS) is 10.7. The van der Waals surface area contributed by atoms with E-state index in [1.807, 2.05) is 56.3 Å². The number of pyridine rings is 1. The highest BCUT2D eigenvalue weighted by atomic mass is 35.5. The number of rotatable bonds is 2. The zero-order valence-electron chi connectivity index (χ0n) is 12.4. The predicted molar refractivity (Wildman–Crippen MR) is 90.6 cm³/mol. The summed E-state index contributed by atoms with van der Waals surface area (Å²) in [7, 11) is 0. The number of benzene rings is 2. The van der Waals surface area contributed by atoms with Crippen molar-refractivity contribution in [2.24, 2.45) is 0 Å². The number of aromatic nitrogens is 1. The Bertz CT molecular complexity index is 874. The van der Waals surface area contributed by atoms with Gasteiger partial charge in [-0.05, 0) is 49.7 Å². The van der Waals surface area contributed by atoms with Crippen LogP contribution in [-0.2, 0) is 0 Å². The molecule has 2 aromatic carbocycles. The van der Waals surface area contributed by atoms with E-state index in [4.69, 9.17) is 11.6 Å². The van der Waals surface area contributed by atoms with Crippen LogP contribution < -0.4 is 5.32 Å². The van der Waals surface area contributed by atoms with Crippen LogP contribution in [0.15, 0.2) is 48.5 Å². The monoisotopic (exact) mass is 310 g/mol. The molecule has 0 radical (unpaired) electrons. The number of nitrogens with zero attached hydrogens (tertiary/aromatic N) is 1. The van der Waals surface area contributed by atoms with E-state index in [1.54, 1.807) is 6.07 Å². The molecular weight excluding hydrogens is 296 g/mol. The van der Waals surface area contributed by atoms with Crippen molar-refractivity contribution in [1.29, 1.82) is 0 Å². The first-order valence-corrected chi connectivity index (χ1v) is 7.36. The van der Waals surface area contributed by atoms with Crippen LogP contribution in [0.1, 0.15) is 21.6 Å². The lowest BCUT2D eigenvalue weighted by Crippen LogP contribution is -2.14. The van der Waals surface area contributed by atoms with Crippen molar-refractivity contribution < 1.29 is 4.79 Å². The van der Waals surface area contributed by atoms with E-state index >= 15 is 0 Å². The zero-order valence-corrected chi connectivity index (χ0v) is 13.1. The van der Waals surface area contributed by atoms with Gasteiger partial charge in [-0.1, -0.05) is 29.8 Å². The summed E-state index contributed by atoms with van der Waals surface area (Å²) in [5.41, 5.74) is 3.94. The number of carbonyl (C=O) groups is 1. The van der Waals surface area contributed by atoms with Crippen molar-refractivity contribution >= 4 is 34.1 Å². The van der Waals surface area contributed by atoms with Crippen LogP contribution >= 0.6 is 11.6 Å². The molecule has 1 aromatic heterocycles. The minimum Gasteiger partial charge on any atom is -0.322 e. The number of nitrogens with one attached hydrogen (secondary N) is 1. The van der Waals surface area contributed by atoms with Crippen molar-refractivity contribution in [3.8, 4) is 0 Å². The first kappa shape index (κ1) is 14.5. The topological polar surface area (TPSA) is 42.0 Å². The maximum atomic E-state index is 12.6. The molecule has 4 heteroatoms. The fourth-order valence-corrected chi connectivity index (χ4v) is 2.68. The number of amides is 1. The van der Waals surface area contributed by atoms with Gasteiger partial charge in [0, 0.05) is 21.8 Å². The fourth-order valence-electron chi connectivity index (χ4n) is 2.45. The van der Waals surface area contributed by atoms with E-state index in [2.05, 4.69) is 10.3 Å². The van der Waals surface area contributed by atoms with Gasteiger partial charge in [0.15, 0.2) is 0 Å². The number of halogens is 1. The summed E-state index contributed by atoms with van der Waals surface area (Å²) in [6.07, 6.45) is 0. The Morgan fingerprint density at radius 1 is 1.09 bits per heavy atom. The molecule has 0 spiro atoms. The second kappa shape index (κ2) is 5.78. The van der Waals surface area contributed by atoms with Crippen LogP contribution in [0.4, 0.5) is 5.69 Å². The van der Waals surface area contributed by atoms with Crippen LogP contribution in [0.5, 0.6) is 0 Å². The Morgan fingerprint density at radius 3 is 2.64 bits per heavy atom. The Hall–Kier alpha value is -2.39. The molecular formula is C18H15ClN2O. The minimum atomic E-state index is -0.146. The Balaban J connectivity index is 2.02. The van der Waals surface area contributed by atoms with E-state index in [1.165, 1.54) is 0 Å². The fraction of sp³-hybridized carbons (Fsp3) is 0.111. The minimum absolute atomic E-state index is 0.146. The van der Waals surface area contributed by atoms with E-state index in [0.29, 0.717) is 10.6 Å². The molecule has 0 atom stereocenters. The number of hydrogen-bond donors (Lipinski definition) is 1. The molecule has 1 amide bonds. The summed E-state index contributed by atoms with van der Waals surface area (Å²) < 4.78 is 0. The molecule has 0 aliphatic carbocycles. The van der Waals surface area contributed by atoms with Crippen LogP contribution in [-0.4, -0.2) is 10.9 Å². The van der Waals surface area contributed by atoms with Gasteiger partial charge in [-0.25, -0.2) is 0 Å². The molecule has 1 heterocycles. The highest BCUT2D eigenvalue weighted by molar-refractivity contribution is 6.30. The van der Waals surface area contributed by atoms with E-state index in [-0.39, 0.29) is 5.91 Å². The van der Waals surface area contributed by atoms with Crippen molar-refractivity contribution in [2.45, 2.75) is 13.8 Å². The molecule has 3 rings (SSSR count). The van der Waals surface area contributed by atoms with Crippen molar-refractivity contribution in [2.75, 3.05) is 5.32 Å². The maximum absolute atomic E-state index is 12.6. The van der Waals surface area contributed by atoms with Crippen molar-refractivity contribution in [3.05, 3.63) is 70.4 Å². The third-order valence-electron chi connectivity index (χ3n) is 3.53. The maximum Gasteiger partial charge on any atom is 0.256 e. The average Bonchev–Trinajstić information content (AvgIpc) is 2.49. The number of fused-ring (bicyclic) bond motifs is 1. The molecule has 0 aliphatic heterocycles. The molecule has 0 fully saturated rings. The first-order chi connectivity index (χ1) is 10.5. The van der Waals surface area contributed by atoms with E-state index in [0.717, 1.165) is 27.8 Å². The van der Waals surface area contributed by atoms with Gasteiger partial charge in [0.05, 0.1) is 11.1 Å². The quantitative estimate of drug-likeness (QED) is 0.741. The number of para-hydroxylation sites is 1. The Labute approximate surface area is 133 Å². The molecule has 0 saturated heterocycles. The van der Waals surface area contributed by atoms with Crippen molar-refractivity contribution in [3.63, 3.8) is 0 Å². The standard InChI is InChI=1S/C18H15ClN2O/c1-11-9-13(19)7-8-16(11)21-18(22)15-10-12(2)20-17-6-4-3-5-14(15)17/h3-10H,1-2H3,(H,21,22). The van der Waals surface area contributed by atoms with Gasteiger partial charge >= 0.3 is 0 Å². The molecule has 0 aliphatic rings. The van der Waals surface area contributed by atoms with Gasteiger partial charge in [0.25, 0.3) is 5.91 Å². The third kappa shape index (κ3) is 2.81. The average molecular weight is 311 g/mol. The summed E-state index contributed by atoms with van der Waals surface area (Å²) in [4.78, 5) is 17.1. The summed E-state index contributed by atoms with van der Waals surface area (Å²) in [5, 5.41) is 4.45. The van der Waals surface area contributed by atoms with E-state index in [9.17, 15) is 4.79 Å². The SMILES string of the molecule is Cc1cc(C(=O)Nc2ccc(Cl)cc2C)c2ccccc2n1. The molecule has 0 unspecified atom stereocenters. The number of aryl methyl sites for hydroxylation is 2. The second-order valence-corrected chi connectivity index (χ2v) is 5.68. The number of carbonyl (C=O) groups excluding carboxylic acids is 1. The summed E-state index contributed by atoms with van der Waals surface area (Å²) in [5.74, 6) is -0.146. The lowest BCUT2D eigenvalue weighted by atomic mass is 10.1. The van der Waals surface area contributed by atoms with E-state index < -0.39 is 0 Å². The number of anilines is 1. The molecule has 22 heavy (non-hydrogen) atoms. The molecule has 3 nitrogen and oxygen atoms in total. The van der Waals surface area contributed by atoms with Gasteiger partial charge in [0.2, 0.25) is 0 Å².